The second kappa shape index (κ2) is 4.95. The van der Waals surface area contributed by atoms with Crippen LogP contribution in [-0.4, -0.2) is 19.0 Å². The zero-order chi connectivity index (χ0) is 13.3. The third kappa shape index (κ3) is 2.15. The van der Waals surface area contributed by atoms with E-state index in [4.69, 9.17) is 9.47 Å². The van der Waals surface area contributed by atoms with Gasteiger partial charge in [-0.1, -0.05) is 35.9 Å². The third-order valence-electron chi connectivity index (χ3n) is 3.83. The number of benzene rings is 1. The van der Waals surface area contributed by atoms with Crippen LogP contribution in [0.5, 0.6) is 0 Å². The molecule has 0 aromatic heterocycles. The highest BCUT2D eigenvalue weighted by Gasteiger charge is 2.36. The molecule has 2 aliphatic carbocycles. The summed E-state index contributed by atoms with van der Waals surface area (Å²) >= 11 is 0. The van der Waals surface area contributed by atoms with Crippen LogP contribution in [0.2, 0.25) is 0 Å². The minimum Gasteiger partial charge on any atom is -0.346 e. The smallest absolute Gasteiger partial charge is 0.191 e. The standard InChI is InChI=1S/C17H20O2/c1-3-18-17(19-4-2)10-9-16-14(12-17)11-13-7-5-6-8-15(13)16/h5-10H,3-4,11-12H2,1-2H3. The summed E-state index contributed by atoms with van der Waals surface area (Å²) in [6.45, 7) is 5.36. The molecule has 2 heteroatoms. The molecule has 3 rings (SSSR count). The van der Waals surface area contributed by atoms with Gasteiger partial charge in [0, 0.05) is 19.6 Å². The van der Waals surface area contributed by atoms with Crippen LogP contribution in [0.1, 0.15) is 31.4 Å². The summed E-state index contributed by atoms with van der Waals surface area (Å²) in [4.78, 5) is 0. The summed E-state index contributed by atoms with van der Waals surface area (Å²) in [5.74, 6) is -0.551. The van der Waals surface area contributed by atoms with Crippen molar-refractivity contribution < 1.29 is 9.47 Å². The predicted octanol–water partition coefficient (Wildman–Crippen LogP) is 3.73. The number of fused-ring (bicyclic) bond motifs is 2. The first-order valence-electron chi connectivity index (χ1n) is 7.05. The molecular formula is C17H20O2. The second-order valence-electron chi connectivity index (χ2n) is 5.04. The van der Waals surface area contributed by atoms with Gasteiger partial charge in [-0.3, -0.25) is 0 Å². The maximum Gasteiger partial charge on any atom is 0.191 e. The van der Waals surface area contributed by atoms with Gasteiger partial charge >= 0.3 is 0 Å². The molecule has 0 heterocycles. The molecule has 0 radical (unpaired) electrons. The Morgan fingerprint density at radius 2 is 1.84 bits per heavy atom. The van der Waals surface area contributed by atoms with Crippen LogP contribution in [0.3, 0.4) is 0 Å². The Kier molecular flexibility index (Phi) is 3.29. The summed E-state index contributed by atoms with van der Waals surface area (Å²) in [5, 5.41) is 0. The molecule has 0 N–H and O–H groups in total. The number of hydrogen-bond acceptors (Lipinski definition) is 2. The molecule has 0 aliphatic heterocycles. The van der Waals surface area contributed by atoms with Crippen LogP contribution in [-0.2, 0) is 15.9 Å². The first kappa shape index (κ1) is 12.6. The Morgan fingerprint density at radius 1 is 1.11 bits per heavy atom. The molecule has 0 amide bonds. The molecular weight excluding hydrogens is 236 g/mol. The van der Waals surface area contributed by atoms with Crippen molar-refractivity contribution in [3.8, 4) is 0 Å². The van der Waals surface area contributed by atoms with Crippen molar-refractivity contribution in [2.45, 2.75) is 32.5 Å². The fourth-order valence-electron chi connectivity index (χ4n) is 3.11. The van der Waals surface area contributed by atoms with Crippen LogP contribution < -0.4 is 0 Å². The monoisotopic (exact) mass is 256 g/mol. The maximum atomic E-state index is 5.87. The number of hydrogen-bond donors (Lipinski definition) is 0. The van der Waals surface area contributed by atoms with Crippen LogP contribution in [0.15, 0.2) is 42.0 Å². The van der Waals surface area contributed by atoms with Gasteiger partial charge in [-0.15, -0.1) is 0 Å². The molecule has 0 unspecified atom stereocenters. The van der Waals surface area contributed by atoms with Gasteiger partial charge in [0.1, 0.15) is 0 Å². The van der Waals surface area contributed by atoms with Gasteiger partial charge in [0.25, 0.3) is 0 Å². The van der Waals surface area contributed by atoms with Gasteiger partial charge in [0.15, 0.2) is 5.79 Å². The van der Waals surface area contributed by atoms with Gasteiger partial charge in [-0.2, -0.15) is 0 Å². The molecule has 2 aliphatic rings. The van der Waals surface area contributed by atoms with Crippen molar-refractivity contribution in [2.75, 3.05) is 13.2 Å². The van der Waals surface area contributed by atoms with Crippen LogP contribution >= 0.6 is 0 Å². The van der Waals surface area contributed by atoms with Crippen LogP contribution in [0, 0.1) is 0 Å². The quantitative estimate of drug-likeness (QED) is 0.764. The average molecular weight is 256 g/mol. The number of rotatable bonds is 4. The molecule has 1 aromatic rings. The fourth-order valence-corrected chi connectivity index (χ4v) is 3.11. The zero-order valence-electron chi connectivity index (χ0n) is 11.6. The topological polar surface area (TPSA) is 18.5 Å². The van der Waals surface area contributed by atoms with E-state index >= 15 is 0 Å². The minimum absolute atomic E-state index is 0.551. The van der Waals surface area contributed by atoms with Gasteiger partial charge in [0.05, 0.1) is 0 Å². The molecule has 0 bridgehead atoms. The summed E-state index contributed by atoms with van der Waals surface area (Å²) in [5.41, 5.74) is 5.59. The molecule has 0 fully saturated rings. The Bertz CT molecular complexity index is 534. The zero-order valence-corrected chi connectivity index (χ0v) is 11.6. The lowest BCUT2D eigenvalue weighted by molar-refractivity contribution is -0.198. The number of ether oxygens (including phenoxy) is 2. The summed E-state index contributed by atoms with van der Waals surface area (Å²) in [6, 6.07) is 8.63. The van der Waals surface area contributed by atoms with Crippen LogP contribution in [0.25, 0.3) is 5.57 Å². The van der Waals surface area contributed by atoms with E-state index < -0.39 is 5.79 Å². The van der Waals surface area contributed by atoms with Crippen molar-refractivity contribution >= 4 is 5.57 Å². The van der Waals surface area contributed by atoms with E-state index in [9.17, 15) is 0 Å². The molecule has 0 saturated heterocycles. The van der Waals surface area contributed by atoms with E-state index in [1.807, 2.05) is 13.8 Å². The minimum atomic E-state index is -0.551. The van der Waals surface area contributed by atoms with Gasteiger partial charge in [-0.05, 0) is 43.0 Å². The summed E-state index contributed by atoms with van der Waals surface area (Å²) in [6.07, 6.45) is 6.13. The van der Waals surface area contributed by atoms with Gasteiger partial charge in [-0.25, -0.2) is 0 Å². The normalized spacial score (nSPS) is 19.5. The highest BCUT2D eigenvalue weighted by atomic mass is 16.7. The van der Waals surface area contributed by atoms with E-state index in [0.29, 0.717) is 13.2 Å². The Labute approximate surface area is 114 Å². The summed E-state index contributed by atoms with van der Waals surface area (Å²) in [7, 11) is 0. The van der Waals surface area contributed by atoms with Crippen molar-refractivity contribution in [2.24, 2.45) is 0 Å². The first-order valence-corrected chi connectivity index (χ1v) is 7.05. The van der Waals surface area contributed by atoms with Gasteiger partial charge < -0.3 is 9.47 Å². The van der Waals surface area contributed by atoms with E-state index in [1.165, 1.54) is 22.3 Å². The largest absolute Gasteiger partial charge is 0.346 e. The van der Waals surface area contributed by atoms with Crippen LogP contribution in [0.4, 0.5) is 0 Å². The Balaban J connectivity index is 1.90. The third-order valence-corrected chi connectivity index (χ3v) is 3.83. The lowest BCUT2D eigenvalue weighted by Crippen LogP contribution is -2.36. The van der Waals surface area contributed by atoms with Crippen molar-refractivity contribution in [1.82, 2.24) is 0 Å². The maximum absolute atomic E-state index is 5.87. The first-order chi connectivity index (χ1) is 9.28. The molecule has 2 nitrogen and oxygen atoms in total. The molecule has 0 spiro atoms. The highest BCUT2D eigenvalue weighted by molar-refractivity contribution is 5.84. The highest BCUT2D eigenvalue weighted by Crippen LogP contribution is 2.42. The molecule has 19 heavy (non-hydrogen) atoms. The van der Waals surface area contributed by atoms with Crippen molar-refractivity contribution in [3.05, 3.63) is 53.1 Å². The van der Waals surface area contributed by atoms with Crippen molar-refractivity contribution in [3.63, 3.8) is 0 Å². The Morgan fingerprint density at radius 3 is 2.58 bits per heavy atom. The fraction of sp³-hybridized carbons (Fsp3) is 0.412. The summed E-state index contributed by atoms with van der Waals surface area (Å²) < 4.78 is 11.7. The van der Waals surface area contributed by atoms with E-state index in [1.54, 1.807) is 0 Å². The van der Waals surface area contributed by atoms with Gasteiger partial charge in [0.2, 0.25) is 0 Å². The van der Waals surface area contributed by atoms with E-state index in [0.717, 1.165) is 12.8 Å². The predicted molar refractivity (Wildman–Crippen MR) is 76.8 cm³/mol. The molecule has 0 atom stereocenters. The molecule has 0 saturated carbocycles. The van der Waals surface area contributed by atoms with E-state index in [2.05, 4.69) is 36.4 Å². The van der Waals surface area contributed by atoms with Crippen molar-refractivity contribution in [1.29, 1.82) is 0 Å². The Hall–Kier alpha value is -1.38. The lowest BCUT2D eigenvalue weighted by Gasteiger charge is -2.33. The van der Waals surface area contributed by atoms with E-state index in [-0.39, 0.29) is 0 Å². The molecule has 1 aromatic carbocycles. The lowest BCUT2D eigenvalue weighted by atomic mass is 9.93. The number of allylic oxidation sites excluding steroid dienone is 2. The molecule has 100 valence electrons. The second-order valence-corrected chi connectivity index (χ2v) is 5.04. The average Bonchev–Trinajstić information content (AvgIpc) is 2.76. The SMILES string of the molecule is CCOC1(OCC)C=CC2=C(Cc3ccccc32)C1.